The van der Waals surface area contributed by atoms with Crippen LogP contribution in [0.3, 0.4) is 0 Å². The number of nitrogens with one attached hydrogen (secondary N) is 1. The summed E-state index contributed by atoms with van der Waals surface area (Å²) < 4.78 is 2.01. The highest BCUT2D eigenvalue weighted by Gasteiger charge is 2.19. The van der Waals surface area contributed by atoms with Crippen molar-refractivity contribution in [3.05, 3.63) is 18.0 Å². The van der Waals surface area contributed by atoms with Crippen LogP contribution >= 0.6 is 0 Å². The molecule has 1 aromatic heterocycles. The maximum absolute atomic E-state index is 4.35. The van der Waals surface area contributed by atoms with Crippen LogP contribution in [0.25, 0.3) is 0 Å². The van der Waals surface area contributed by atoms with Crippen molar-refractivity contribution >= 4 is 0 Å². The molecule has 0 atom stereocenters. The van der Waals surface area contributed by atoms with E-state index in [2.05, 4.69) is 42.3 Å². The van der Waals surface area contributed by atoms with E-state index in [-0.39, 0.29) is 0 Å². The lowest BCUT2D eigenvalue weighted by atomic mass is 9.96. The first-order valence-corrected chi connectivity index (χ1v) is 8.11. The van der Waals surface area contributed by atoms with E-state index in [0.717, 1.165) is 31.5 Å². The van der Waals surface area contributed by atoms with Crippen molar-refractivity contribution in [2.75, 3.05) is 26.2 Å². The standard InChI is InChI=1S/C16H30N4/c1-4-20-13-16(11-18-20)12-19-7-5-15(6-8-19)10-17-9-14(2)3/h11,13-15,17H,4-10,12H2,1-3H3. The molecule has 0 bridgehead atoms. The number of hydrogen-bond donors (Lipinski definition) is 1. The largest absolute Gasteiger partial charge is 0.316 e. The second-order valence-electron chi connectivity index (χ2n) is 6.48. The molecular weight excluding hydrogens is 248 g/mol. The third-order valence-corrected chi connectivity index (χ3v) is 4.11. The van der Waals surface area contributed by atoms with Gasteiger partial charge in [-0.2, -0.15) is 5.10 Å². The van der Waals surface area contributed by atoms with Gasteiger partial charge in [-0.1, -0.05) is 13.8 Å². The van der Waals surface area contributed by atoms with Gasteiger partial charge < -0.3 is 5.32 Å². The van der Waals surface area contributed by atoms with Crippen molar-refractivity contribution in [3.8, 4) is 0 Å². The van der Waals surface area contributed by atoms with Crippen molar-refractivity contribution < 1.29 is 0 Å². The van der Waals surface area contributed by atoms with Crippen LogP contribution in [0.1, 0.15) is 39.2 Å². The van der Waals surface area contributed by atoms with Gasteiger partial charge in [0.2, 0.25) is 0 Å². The molecule has 4 nitrogen and oxygen atoms in total. The molecule has 0 spiro atoms. The quantitative estimate of drug-likeness (QED) is 0.831. The predicted octanol–water partition coefficient (Wildman–Crippen LogP) is 2.36. The molecule has 1 aliphatic rings. The Morgan fingerprint density at radius 2 is 2.10 bits per heavy atom. The van der Waals surface area contributed by atoms with Crippen molar-refractivity contribution in [1.29, 1.82) is 0 Å². The highest BCUT2D eigenvalue weighted by atomic mass is 15.3. The number of hydrogen-bond acceptors (Lipinski definition) is 3. The van der Waals surface area contributed by atoms with Crippen LogP contribution in [0, 0.1) is 11.8 Å². The molecule has 1 saturated heterocycles. The molecule has 2 rings (SSSR count). The SMILES string of the molecule is CCn1cc(CN2CCC(CNCC(C)C)CC2)cn1. The number of aromatic nitrogens is 2. The first kappa shape index (κ1) is 15.5. The molecule has 2 heterocycles. The molecule has 0 unspecified atom stereocenters. The van der Waals surface area contributed by atoms with Gasteiger partial charge in [-0.3, -0.25) is 9.58 Å². The zero-order chi connectivity index (χ0) is 14.4. The molecule has 0 aliphatic carbocycles. The molecule has 20 heavy (non-hydrogen) atoms. The Morgan fingerprint density at radius 1 is 1.35 bits per heavy atom. The van der Waals surface area contributed by atoms with Crippen molar-refractivity contribution in [3.63, 3.8) is 0 Å². The monoisotopic (exact) mass is 278 g/mol. The van der Waals surface area contributed by atoms with Crippen LogP contribution in [0.15, 0.2) is 12.4 Å². The van der Waals surface area contributed by atoms with Gasteiger partial charge in [0, 0.05) is 24.8 Å². The molecule has 0 saturated carbocycles. The van der Waals surface area contributed by atoms with Crippen molar-refractivity contribution in [2.24, 2.45) is 11.8 Å². The lowest BCUT2D eigenvalue weighted by Crippen LogP contribution is -2.37. The summed E-state index contributed by atoms with van der Waals surface area (Å²) in [6.07, 6.45) is 6.84. The minimum absolute atomic E-state index is 0.755. The molecule has 1 N–H and O–H groups in total. The van der Waals surface area contributed by atoms with Crippen LogP contribution < -0.4 is 5.32 Å². The zero-order valence-corrected chi connectivity index (χ0v) is 13.3. The van der Waals surface area contributed by atoms with Crippen LogP contribution in [0.4, 0.5) is 0 Å². The second-order valence-corrected chi connectivity index (χ2v) is 6.48. The van der Waals surface area contributed by atoms with Gasteiger partial charge in [0.25, 0.3) is 0 Å². The summed E-state index contributed by atoms with van der Waals surface area (Å²) >= 11 is 0. The second kappa shape index (κ2) is 7.79. The summed E-state index contributed by atoms with van der Waals surface area (Å²) in [4.78, 5) is 2.57. The van der Waals surface area contributed by atoms with Gasteiger partial charge in [-0.05, 0) is 57.8 Å². The highest BCUT2D eigenvalue weighted by molar-refractivity contribution is 5.03. The van der Waals surface area contributed by atoms with Gasteiger partial charge in [-0.25, -0.2) is 0 Å². The molecule has 4 heteroatoms. The van der Waals surface area contributed by atoms with Gasteiger partial charge in [0.15, 0.2) is 0 Å². The van der Waals surface area contributed by atoms with Crippen LogP contribution in [0.2, 0.25) is 0 Å². The Morgan fingerprint density at radius 3 is 2.70 bits per heavy atom. The number of piperidine rings is 1. The molecule has 1 aromatic rings. The van der Waals surface area contributed by atoms with Crippen LogP contribution in [0.5, 0.6) is 0 Å². The predicted molar refractivity (Wildman–Crippen MR) is 83.6 cm³/mol. The molecule has 0 amide bonds. The van der Waals surface area contributed by atoms with Crippen LogP contribution in [-0.4, -0.2) is 40.9 Å². The lowest BCUT2D eigenvalue weighted by molar-refractivity contribution is 0.175. The highest BCUT2D eigenvalue weighted by Crippen LogP contribution is 2.18. The average molecular weight is 278 g/mol. The summed E-state index contributed by atoms with van der Waals surface area (Å²) in [6, 6.07) is 0. The van der Waals surface area contributed by atoms with Gasteiger partial charge >= 0.3 is 0 Å². The third kappa shape index (κ3) is 4.91. The number of aryl methyl sites for hydroxylation is 1. The fraction of sp³-hybridized carbons (Fsp3) is 0.812. The third-order valence-electron chi connectivity index (χ3n) is 4.11. The van der Waals surface area contributed by atoms with Crippen molar-refractivity contribution in [1.82, 2.24) is 20.0 Å². The Bertz CT molecular complexity index is 378. The van der Waals surface area contributed by atoms with Crippen molar-refractivity contribution in [2.45, 2.75) is 46.7 Å². The van der Waals surface area contributed by atoms with E-state index in [1.807, 2.05) is 10.9 Å². The van der Waals surface area contributed by atoms with E-state index < -0.39 is 0 Å². The Kier molecular flexibility index (Phi) is 6.05. The topological polar surface area (TPSA) is 33.1 Å². The molecule has 0 aromatic carbocycles. The normalized spacial score (nSPS) is 18.0. The molecule has 1 aliphatic heterocycles. The van der Waals surface area contributed by atoms with Gasteiger partial charge in [0.1, 0.15) is 0 Å². The fourth-order valence-corrected chi connectivity index (χ4v) is 2.84. The summed E-state index contributed by atoms with van der Waals surface area (Å²) in [5.74, 6) is 1.62. The number of likely N-dealkylation sites (tertiary alicyclic amines) is 1. The number of rotatable bonds is 7. The summed E-state index contributed by atoms with van der Waals surface area (Å²) in [7, 11) is 0. The van der Waals surface area contributed by atoms with E-state index in [0.29, 0.717) is 0 Å². The smallest absolute Gasteiger partial charge is 0.0534 e. The lowest BCUT2D eigenvalue weighted by Gasteiger charge is -2.31. The van der Waals surface area contributed by atoms with Gasteiger partial charge in [-0.15, -0.1) is 0 Å². The Balaban J connectivity index is 1.66. The minimum atomic E-state index is 0.755. The maximum Gasteiger partial charge on any atom is 0.0534 e. The van der Waals surface area contributed by atoms with E-state index in [9.17, 15) is 0 Å². The van der Waals surface area contributed by atoms with Crippen LogP contribution in [-0.2, 0) is 13.1 Å². The van der Waals surface area contributed by atoms with E-state index >= 15 is 0 Å². The molecule has 114 valence electrons. The molecule has 0 radical (unpaired) electrons. The fourth-order valence-electron chi connectivity index (χ4n) is 2.84. The summed E-state index contributed by atoms with van der Waals surface area (Å²) in [6.45, 7) is 13.5. The number of nitrogens with zero attached hydrogens (tertiary/aromatic N) is 3. The Labute approximate surface area is 123 Å². The summed E-state index contributed by atoms with van der Waals surface area (Å²) in [5.41, 5.74) is 1.35. The molecule has 1 fully saturated rings. The van der Waals surface area contributed by atoms with Gasteiger partial charge in [0.05, 0.1) is 6.20 Å². The summed E-state index contributed by atoms with van der Waals surface area (Å²) in [5, 5.41) is 7.95. The first-order valence-electron chi connectivity index (χ1n) is 8.11. The average Bonchev–Trinajstić information content (AvgIpc) is 2.88. The van der Waals surface area contributed by atoms with E-state index in [1.165, 1.54) is 38.0 Å². The zero-order valence-electron chi connectivity index (χ0n) is 13.3. The van der Waals surface area contributed by atoms with E-state index in [4.69, 9.17) is 0 Å². The molecular formula is C16H30N4. The minimum Gasteiger partial charge on any atom is -0.316 e. The maximum atomic E-state index is 4.35. The Hall–Kier alpha value is -0.870. The van der Waals surface area contributed by atoms with E-state index in [1.54, 1.807) is 0 Å². The first-order chi connectivity index (χ1) is 9.67.